The van der Waals surface area contributed by atoms with Crippen LogP contribution in [0.3, 0.4) is 0 Å². The number of carbonyl (C=O) groups excluding carboxylic acids is 1. The average Bonchev–Trinajstić information content (AvgIpc) is 3.38. The fraction of sp³-hybridized carbons (Fsp3) is 0.150. The van der Waals surface area contributed by atoms with E-state index >= 15 is 0 Å². The van der Waals surface area contributed by atoms with Crippen LogP contribution in [0.15, 0.2) is 54.2 Å². The molecule has 5 nitrogen and oxygen atoms in total. The molecule has 0 aliphatic carbocycles. The van der Waals surface area contributed by atoms with Crippen LogP contribution >= 0.6 is 22.7 Å². The van der Waals surface area contributed by atoms with Gasteiger partial charge in [0.25, 0.3) is 5.91 Å². The fourth-order valence-corrected chi connectivity index (χ4v) is 4.62. The Labute approximate surface area is 165 Å². The molecular weight excluding hydrogens is 376 g/mol. The normalized spacial score (nSPS) is 10.9. The fourth-order valence-electron chi connectivity index (χ4n) is 3.02. The number of aryl methyl sites for hydroxylation is 1. The summed E-state index contributed by atoms with van der Waals surface area (Å²) in [5, 5.41) is 6.34. The van der Waals surface area contributed by atoms with Crippen LogP contribution in [0.4, 0.5) is 5.13 Å². The highest BCUT2D eigenvalue weighted by molar-refractivity contribution is 7.15. The van der Waals surface area contributed by atoms with E-state index in [4.69, 9.17) is 0 Å². The van der Waals surface area contributed by atoms with Crippen molar-refractivity contribution in [3.63, 3.8) is 0 Å². The van der Waals surface area contributed by atoms with Gasteiger partial charge < -0.3 is 0 Å². The van der Waals surface area contributed by atoms with Crippen molar-refractivity contribution >= 4 is 33.7 Å². The van der Waals surface area contributed by atoms with Crippen LogP contribution in [0.5, 0.6) is 0 Å². The Morgan fingerprint density at radius 3 is 2.74 bits per heavy atom. The summed E-state index contributed by atoms with van der Waals surface area (Å²) >= 11 is 3.05. The number of benzene rings is 1. The Bertz CT molecular complexity index is 1070. The molecule has 7 heteroatoms. The minimum atomic E-state index is -0.147. The zero-order chi connectivity index (χ0) is 18.8. The van der Waals surface area contributed by atoms with Gasteiger partial charge in [0, 0.05) is 40.5 Å². The lowest BCUT2D eigenvalue weighted by Crippen LogP contribution is -2.12. The minimum Gasteiger partial charge on any atom is -0.298 e. The van der Waals surface area contributed by atoms with Gasteiger partial charge in [0.05, 0.1) is 5.56 Å². The van der Waals surface area contributed by atoms with E-state index in [9.17, 15) is 4.79 Å². The van der Waals surface area contributed by atoms with Crippen molar-refractivity contribution in [3.05, 3.63) is 81.6 Å². The Balaban J connectivity index is 1.51. The molecule has 0 radical (unpaired) electrons. The van der Waals surface area contributed by atoms with Crippen LogP contribution in [0.25, 0.3) is 5.13 Å². The molecule has 3 aromatic heterocycles. The first-order chi connectivity index (χ1) is 13.1. The molecule has 0 atom stereocenters. The zero-order valence-electron chi connectivity index (χ0n) is 15.0. The number of nitrogens with zero attached hydrogens (tertiary/aromatic N) is 3. The summed E-state index contributed by atoms with van der Waals surface area (Å²) in [5.74, 6) is -0.147. The number of anilines is 1. The lowest BCUT2D eigenvalue weighted by molar-refractivity contribution is 0.102. The number of thiazole rings is 2. The molecule has 136 valence electrons. The monoisotopic (exact) mass is 394 g/mol. The van der Waals surface area contributed by atoms with Crippen LogP contribution in [-0.2, 0) is 6.42 Å². The summed E-state index contributed by atoms with van der Waals surface area (Å²) in [7, 11) is 0. The number of nitrogens with one attached hydrogen (secondary N) is 1. The van der Waals surface area contributed by atoms with E-state index in [2.05, 4.69) is 27.4 Å². The highest BCUT2D eigenvalue weighted by Crippen LogP contribution is 2.25. The lowest BCUT2D eigenvalue weighted by Gasteiger charge is -2.05. The molecule has 1 aromatic carbocycles. The van der Waals surface area contributed by atoms with E-state index in [1.54, 1.807) is 17.5 Å². The quantitative estimate of drug-likeness (QED) is 0.526. The summed E-state index contributed by atoms with van der Waals surface area (Å²) in [5.41, 5.74) is 3.73. The van der Waals surface area contributed by atoms with Crippen LogP contribution < -0.4 is 5.32 Å². The molecule has 0 spiro atoms. The van der Waals surface area contributed by atoms with Crippen molar-refractivity contribution in [1.29, 1.82) is 0 Å². The highest BCUT2D eigenvalue weighted by atomic mass is 32.1. The molecule has 4 rings (SSSR count). The molecule has 0 bridgehead atoms. The van der Waals surface area contributed by atoms with E-state index < -0.39 is 0 Å². The third kappa shape index (κ3) is 3.70. The number of amides is 1. The molecule has 1 amide bonds. The smallest absolute Gasteiger partial charge is 0.259 e. The van der Waals surface area contributed by atoms with Gasteiger partial charge in [-0.15, -0.1) is 22.7 Å². The maximum Gasteiger partial charge on any atom is 0.259 e. The van der Waals surface area contributed by atoms with Gasteiger partial charge in [-0.1, -0.05) is 30.3 Å². The topological polar surface area (TPSA) is 59.8 Å². The molecule has 0 unspecified atom stereocenters. The molecule has 0 fully saturated rings. The lowest BCUT2D eigenvalue weighted by atomic mass is 10.1. The van der Waals surface area contributed by atoms with Gasteiger partial charge in [-0.25, -0.2) is 9.97 Å². The zero-order valence-corrected chi connectivity index (χ0v) is 16.6. The molecule has 3 heterocycles. The van der Waals surface area contributed by atoms with Crippen molar-refractivity contribution in [1.82, 2.24) is 14.5 Å². The van der Waals surface area contributed by atoms with Gasteiger partial charge in [0.1, 0.15) is 0 Å². The molecule has 0 aliphatic rings. The second-order valence-corrected chi connectivity index (χ2v) is 8.17. The second-order valence-electron chi connectivity index (χ2n) is 6.18. The predicted octanol–water partition coefficient (Wildman–Crippen LogP) is 4.85. The Kier molecular flexibility index (Phi) is 4.87. The number of aromatic nitrogens is 3. The average molecular weight is 395 g/mol. The molecule has 4 aromatic rings. The van der Waals surface area contributed by atoms with Gasteiger partial charge in [-0.05, 0) is 25.5 Å². The summed E-state index contributed by atoms with van der Waals surface area (Å²) in [6, 6.07) is 12.1. The van der Waals surface area contributed by atoms with Gasteiger partial charge >= 0.3 is 0 Å². The Morgan fingerprint density at radius 1 is 1.19 bits per heavy atom. The van der Waals surface area contributed by atoms with Crippen molar-refractivity contribution in [2.24, 2.45) is 0 Å². The van der Waals surface area contributed by atoms with E-state index in [-0.39, 0.29) is 5.91 Å². The van der Waals surface area contributed by atoms with E-state index in [1.807, 2.05) is 54.3 Å². The Hall–Kier alpha value is -2.77. The van der Waals surface area contributed by atoms with Gasteiger partial charge in [-0.3, -0.25) is 14.7 Å². The van der Waals surface area contributed by atoms with Crippen molar-refractivity contribution in [3.8, 4) is 5.13 Å². The highest BCUT2D eigenvalue weighted by Gasteiger charge is 2.18. The third-order valence-electron chi connectivity index (χ3n) is 4.28. The molecule has 1 N–H and O–H groups in total. The van der Waals surface area contributed by atoms with Gasteiger partial charge in [0.2, 0.25) is 0 Å². The molecule has 0 saturated carbocycles. The Morgan fingerprint density at radius 2 is 2.00 bits per heavy atom. The van der Waals surface area contributed by atoms with E-state index in [1.165, 1.54) is 16.9 Å². The number of rotatable bonds is 5. The molecule has 0 aliphatic heterocycles. The SMILES string of the molecule is Cc1cc(C(=O)Nc2ncc(Cc3ccccc3)s2)c(C)n1-c1nccs1. The van der Waals surface area contributed by atoms with E-state index in [0.29, 0.717) is 10.7 Å². The molecular formula is C20H18N4OS2. The minimum absolute atomic E-state index is 0.147. The first kappa shape index (κ1) is 17.6. The number of carbonyl (C=O) groups is 1. The maximum absolute atomic E-state index is 12.8. The van der Waals surface area contributed by atoms with Crippen LogP contribution in [0.2, 0.25) is 0 Å². The summed E-state index contributed by atoms with van der Waals surface area (Å²) < 4.78 is 2.00. The van der Waals surface area contributed by atoms with Crippen molar-refractivity contribution in [2.75, 3.05) is 5.32 Å². The predicted molar refractivity (Wildman–Crippen MR) is 110 cm³/mol. The second kappa shape index (κ2) is 7.46. The van der Waals surface area contributed by atoms with Gasteiger partial charge in [0.15, 0.2) is 10.3 Å². The van der Waals surface area contributed by atoms with Crippen molar-refractivity contribution in [2.45, 2.75) is 20.3 Å². The summed E-state index contributed by atoms with van der Waals surface area (Å²) in [6.07, 6.45) is 4.40. The van der Waals surface area contributed by atoms with Crippen LogP contribution in [0.1, 0.15) is 32.2 Å². The standard InChI is InChI=1S/C20H18N4OS2/c1-13-10-17(14(2)24(13)20-21-8-9-26-20)18(25)23-19-22-12-16(27-19)11-15-6-4-3-5-7-15/h3-10,12H,11H2,1-2H3,(H,22,23,25). The first-order valence-electron chi connectivity index (χ1n) is 8.50. The maximum atomic E-state index is 12.8. The van der Waals surface area contributed by atoms with Crippen LogP contribution in [0, 0.1) is 13.8 Å². The summed E-state index contributed by atoms with van der Waals surface area (Å²) in [4.78, 5) is 22.6. The number of hydrogen-bond acceptors (Lipinski definition) is 5. The largest absolute Gasteiger partial charge is 0.298 e. The van der Waals surface area contributed by atoms with E-state index in [0.717, 1.165) is 27.8 Å². The summed E-state index contributed by atoms with van der Waals surface area (Å²) in [6.45, 7) is 3.92. The first-order valence-corrected chi connectivity index (χ1v) is 10.2. The molecule has 27 heavy (non-hydrogen) atoms. The van der Waals surface area contributed by atoms with Gasteiger partial charge in [-0.2, -0.15) is 0 Å². The third-order valence-corrected chi connectivity index (χ3v) is 5.95. The van der Waals surface area contributed by atoms with Crippen molar-refractivity contribution < 1.29 is 4.79 Å². The van der Waals surface area contributed by atoms with Crippen LogP contribution in [-0.4, -0.2) is 20.4 Å². The number of hydrogen-bond donors (Lipinski definition) is 1. The molecule has 0 saturated heterocycles.